The lowest BCUT2D eigenvalue weighted by Gasteiger charge is -2.32. The minimum atomic E-state index is -0.217. The predicted octanol–water partition coefficient (Wildman–Crippen LogP) is 13.1. The van der Waals surface area contributed by atoms with Crippen molar-refractivity contribution >= 4 is 39.0 Å². The van der Waals surface area contributed by atoms with Crippen LogP contribution in [0.4, 0.5) is 17.1 Å². The van der Waals surface area contributed by atoms with Crippen molar-refractivity contribution in [3.63, 3.8) is 0 Å². The minimum Gasteiger partial charge on any atom is -0.456 e. The number of anilines is 3. The summed E-state index contributed by atoms with van der Waals surface area (Å²) in [6, 6.07) is 49.0. The van der Waals surface area contributed by atoms with Crippen molar-refractivity contribution in [3.8, 4) is 22.3 Å². The number of benzene rings is 6. The van der Waals surface area contributed by atoms with Gasteiger partial charge >= 0.3 is 0 Å². The van der Waals surface area contributed by atoms with Gasteiger partial charge in [0.15, 0.2) is 0 Å². The van der Waals surface area contributed by atoms with Gasteiger partial charge in [-0.15, -0.1) is 0 Å². The van der Waals surface area contributed by atoms with Gasteiger partial charge in [-0.3, -0.25) is 0 Å². The zero-order chi connectivity index (χ0) is 31.5. The quantitative estimate of drug-likeness (QED) is 0.193. The first kappa shape index (κ1) is 28.2. The van der Waals surface area contributed by atoms with Crippen LogP contribution in [0, 0.1) is 0 Å². The number of para-hydroxylation sites is 1. The van der Waals surface area contributed by atoms with Gasteiger partial charge in [0.2, 0.25) is 0 Å². The molecule has 6 aromatic carbocycles. The summed E-state index contributed by atoms with van der Waals surface area (Å²) in [5.74, 6) is 0.675. The number of fused-ring (bicyclic) bond motifs is 7. The van der Waals surface area contributed by atoms with E-state index in [4.69, 9.17) is 4.42 Å². The van der Waals surface area contributed by atoms with Crippen molar-refractivity contribution in [2.45, 2.75) is 57.3 Å². The second kappa shape index (κ2) is 11.0. The van der Waals surface area contributed by atoms with Crippen LogP contribution in [0.2, 0.25) is 0 Å². The Bertz CT molecular complexity index is 2250. The van der Waals surface area contributed by atoms with Crippen molar-refractivity contribution in [3.05, 3.63) is 150 Å². The molecule has 2 aliphatic rings. The van der Waals surface area contributed by atoms with Gasteiger partial charge in [-0.25, -0.2) is 0 Å². The average Bonchev–Trinajstić information content (AvgIpc) is 3.62. The smallest absolute Gasteiger partial charge is 0.136 e. The Hall–Kier alpha value is -5.08. The van der Waals surface area contributed by atoms with E-state index in [1.54, 1.807) is 0 Å². The molecule has 2 nitrogen and oxygen atoms in total. The fourth-order valence-corrected chi connectivity index (χ4v) is 8.56. The maximum absolute atomic E-state index is 6.38. The summed E-state index contributed by atoms with van der Waals surface area (Å²) in [4.78, 5) is 2.49. The molecule has 0 amide bonds. The Morgan fingerprint density at radius 1 is 0.617 bits per heavy atom. The molecule has 0 bridgehead atoms. The molecule has 47 heavy (non-hydrogen) atoms. The first-order valence-corrected chi connectivity index (χ1v) is 17.2. The Kier molecular flexibility index (Phi) is 6.61. The lowest BCUT2D eigenvalue weighted by Crippen LogP contribution is -2.20. The molecule has 0 saturated heterocycles. The van der Waals surface area contributed by atoms with Crippen LogP contribution >= 0.6 is 0 Å². The molecule has 0 N–H and O–H groups in total. The van der Waals surface area contributed by atoms with Crippen LogP contribution in [0.3, 0.4) is 0 Å². The van der Waals surface area contributed by atoms with Gasteiger partial charge in [0.1, 0.15) is 11.2 Å². The lowest BCUT2D eigenvalue weighted by atomic mass is 9.81. The Morgan fingerprint density at radius 3 is 2.19 bits per heavy atom. The van der Waals surface area contributed by atoms with E-state index in [-0.39, 0.29) is 5.41 Å². The normalized spacial score (nSPS) is 15.5. The highest BCUT2D eigenvalue weighted by Gasteiger charge is 2.40. The summed E-state index contributed by atoms with van der Waals surface area (Å²) in [6.45, 7) is 4.78. The highest BCUT2D eigenvalue weighted by atomic mass is 16.3. The second-order valence-corrected chi connectivity index (χ2v) is 14.0. The van der Waals surface area contributed by atoms with Crippen molar-refractivity contribution < 1.29 is 4.42 Å². The average molecular weight is 610 g/mol. The highest BCUT2D eigenvalue weighted by Crippen LogP contribution is 2.57. The summed E-state index contributed by atoms with van der Waals surface area (Å²) in [7, 11) is 0. The molecule has 1 aromatic heterocycles. The molecule has 0 aliphatic heterocycles. The molecule has 0 radical (unpaired) electrons. The minimum absolute atomic E-state index is 0.217. The van der Waals surface area contributed by atoms with E-state index in [2.05, 4.69) is 152 Å². The van der Waals surface area contributed by atoms with E-state index >= 15 is 0 Å². The zero-order valence-corrected chi connectivity index (χ0v) is 27.2. The van der Waals surface area contributed by atoms with Gasteiger partial charge in [-0.05, 0) is 100 Å². The van der Waals surface area contributed by atoms with Gasteiger partial charge < -0.3 is 9.32 Å². The topological polar surface area (TPSA) is 16.4 Å². The Labute approximate surface area is 277 Å². The Morgan fingerprint density at radius 2 is 1.36 bits per heavy atom. The highest BCUT2D eigenvalue weighted by molar-refractivity contribution is 6.15. The molecular weight excluding hydrogens is 571 g/mol. The van der Waals surface area contributed by atoms with Crippen LogP contribution in [0.15, 0.2) is 138 Å². The van der Waals surface area contributed by atoms with Gasteiger partial charge in [0.25, 0.3) is 0 Å². The number of furan rings is 1. The van der Waals surface area contributed by atoms with Crippen LogP contribution in [-0.4, -0.2) is 0 Å². The van der Waals surface area contributed by atoms with Crippen LogP contribution in [-0.2, 0) is 5.41 Å². The first-order valence-electron chi connectivity index (χ1n) is 17.2. The van der Waals surface area contributed by atoms with Crippen LogP contribution in [0.25, 0.3) is 44.2 Å². The number of hydrogen-bond acceptors (Lipinski definition) is 2. The second-order valence-electron chi connectivity index (χ2n) is 14.0. The third-order valence-corrected chi connectivity index (χ3v) is 10.8. The molecule has 9 rings (SSSR count). The van der Waals surface area contributed by atoms with E-state index in [9.17, 15) is 0 Å². The van der Waals surface area contributed by atoms with E-state index in [1.165, 1.54) is 93.2 Å². The molecular formula is C45H39NO. The summed E-state index contributed by atoms with van der Waals surface area (Å²) in [6.07, 6.45) is 6.67. The third-order valence-electron chi connectivity index (χ3n) is 10.8. The zero-order valence-electron chi connectivity index (χ0n) is 27.2. The molecule has 1 fully saturated rings. The van der Waals surface area contributed by atoms with Crippen molar-refractivity contribution in [1.29, 1.82) is 0 Å². The van der Waals surface area contributed by atoms with Crippen molar-refractivity contribution in [2.24, 2.45) is 0 Å². The monoisotopic (exact) mass is 609 g/mol. The fraction of sp³-hybridized carbons (Fsp3) is 0.200. The van der Waals surface area contributed by atoms with Gasteiger partial charge in [0, 0.05) is 27.6 Å². The predicted molar refractivity (Wildman–Crippen MR) is 197 cm³/mol. The van der Waals surface area contributed by atoms with Crippen LogP contribution in [0.5, 0.6) is 0 Å². The molecule has 0 atom stereocenters. The lowest BCUT2D eigenvalue weighted by molar-refractivity contribution is 0.443. The number of rotatable bonds is 5. The van der Waals surface area contributed by atoms with Gasteiger partial charge in [-0.2, -0.15) is 0 Å². The van der Waals surface area contributed by atoms with E-state index in [0.717, 1.165) is 16.9 Å². The first-order chi connectivity index (χ1) is 23.1. The molecule has 1 saturated carbocycles. The van der Waals surface area contributed by atoms with Crippen molar-refractivity contribution in [2.75, 3.05) is 4.90 Å². The molecule has 0 spiro atoms. The summed E-state index contributed by atoms with van der Waals surface area (Å²) >= 11 is 0. The van der Waals surface area contributed by atoms with E-state index < -0.39 is 0 Å². The maximum Gasteiger partial charge on any atom is 0.136 e. The summed E-state index contributed by atoms with van der Waals surface area (Å²) in [5.41, 5.74) is 14.5. The maximum atomic E-state index is 6.38. The molecule has 2 heteroatoms. The molecule has 230 valence electrons. The summed E-state index contributed by atoms with van der Waals surface area (Å²) < 4.78 is 6.38. The van der Waals surface area contributed by atoms with Crippen LogP contribution in [0.1, 0.15) is 68.6 Å². The third kappa shape index (κ3) is 4.53. The SMILES string of the molecule is CC1(C)c2ccc3oc4ccccc4c3c2-c2cccc(N(c3ccc(C4CCCCC4)cc3)c3cccc(-c4ccccc4)c3)c21. The van der Waals surface area contributed by atoms with E-state index in [0.29, 0.717) is 5.92 Å². The van der Waals surface area contributed by atoms with Gasteiger partial charge in [-0.1, -0.05) is 124 Å². The standard InChI is InChI=1S/C45H39NO/c1-45(2)38-27-28-41-43(36-19-9-10-22-40(36)47-41)42(38)37-20-12-21-39(44(37)45)46(34-25-23-32(24-26-34)30-13-5-3-6-14-30)35-18-11-17-33(29-35)31-15-7-4-8-16-31/h4,7-12,15-30H,3,5-6,13-14H2,1-2H3. The molecule has 1 heterocycles. The van der Waals surface area contributed by atoms with Gasteiger partial charge in [0.05, 0.1) is 5.69 Å². The van der Waals surface area contributed by atoms with E-state index in [1.807, 2.05) is 0 Å². The largest absolute Gasteiger partial charge is 0.456 e. The molecule has 2 aliphatic carbocycles. The molecule has 0 unspecified atom stereocenters. The van der Waals surface area contributed by atoms with Crippen LogP contribution < -0.4 is 4.90 Å². The van der Waals surface area contributed by atoms with Crippen molar-refractivity contribution in [1.82, 2.24) is 0 Å². The Balaban J connectivity index is 1.26. The molecule has 7 aromatic rings. The number of nitrogens with zero attached hydrogens (tertiary/aromatic N) is 1. The summed E-state index contributed by atoms with van der Waals surface area (Å²) in [5, 5.41) is 2.40. The number of hydrogen-bond donors (Lipinski definition) is 0. The fourth-order valence-electron chi connectivity index (χ4n) is 8.56.